The fourth-order valence-corrected chi connectivity index (χ4v) is 2.80. The van der Waals surface area contributed by atoms with Gasteiger partial charge in [-0.15, -0.1) is 13.2 Å². The fraction of sp³-hybridized carbons (Fsp3) is 0.0625. The predicted molar refractivity (Wildman–Crippen MR) is 89.7 cm³/mol. The van der Waals surface area contributed by atoms with E-state index in [0.717, 1.165) is 12.1 Å². The molecule has 1 aromatic carbocycles. The number of fused-ring (bicyclic) bond motifs is 3. The average Bonchev–Trinajstić information content (AvgIpc) is 3.03. The van der Waals surface area contributed by atoms with E-state index in [2.05, 4.69) is 25.0 Å². The molecule has 1 N–H and O–H groups in total. The molecule has 26 heavy (non-hydrogen) atoms. The molecule has 132 valence electrons. The lowest BCUT2D eigenvalue weighted by molar-refractivity contribution is -0.274. The van der Waals surface area contributed by atoms with E-state index in [0.29, 0.717) is 27.5 Å². The molecule has 10 heteroatoms. The Balaban J connectivity index is 1.78. The Bertz CT molecular complexity index is 1110. The number of imidazole rings is 1. The number of alkyl halides is 3. The highest BCUT2D eigenvalue weighted by Crippen LogP contribution is 2.29. The second kappa shape index (κ2) is 6.03. The number of aromatic nitrogens is 4. The second-order valence-electron chi connectivity index (χ2n) is 5.24. The number of para-hydroxylation sites is 1. The summed E-state index contributed by atoms with van der Waals surface area (Å²) >= 11 is 6.24. The normalized spacial score (nSPS) is 11.8. The van der Waals surface area contributed by atoms with Gasteiger partial charge in [-0.1, -0.05) is 17.7 Å². The van der Waals surface area contributed by atoms with E-state index < -0.39 is 12.1 Å². The summed E-state index contributed by atoms with van der Waals surface area (Å²) < 4.78 is 42.8. The summed E-state index contributed by atoms with van der Waals surface area (Å²) in [4.78, 5) is 12.7. The third kappa shape index (κ3) is 3.08. The van der Waals surface area contributed by atoms with Crippen LogP contribution in [-0.2, 0) is 0 Å². The van der Waals surface area contributed by atoms with Gasteiger partial charge in [0.1, 0.15) is 11.6 Å². The Hall–Kier alpha value is -3.07. The SMILES string of the molecule is FC(F)(F)Oc1ccnc(Nc2nc3cccc(Cl)c3n3ccnc23)c1. The minimum absolute atomic E-state index is 0.130. The molecule has 0 unspecified atom stereocenters. The van der Waals surface area contributed by atoms with Crippen LogP contribution in [0, 0.1) is 0 Å². The quantitative estimate of drug-likeness (QED) is 0.564. The number of ether oxygens (including phenoxy) is 1. The van der Waals surface area contributed by atoms with E-state index in [1.807, 2.05) is 0 Å². The number of halogens is 4. The Kier molecular flexibility index (Phi) is 3.80. The molecule has 3 aromatic heterocycles. The highest BCUT2D eigenvalue weighted by molar-refractivity contribution is 6.35. The molecular weight excluding hydrogens is 371 g/mol. The Morgan fingerprint density at radius 1 is 1.12 bits per heavy atom. The maximum absolute atomic E-state index is 12.4. The van der Waals surface area contributed by atoms with Gasteiger partial charge in [0, 0.05) is 24.7 Å². The summed E-state index contributed by atoms with van der Waals surface area (Å²) in [6, 6.07) is 7.48. The number of anilines is 2. The van der Waals surface area contributed by atoms with Crippen LogP contribution in [-0.4, -0.2) is 25.7 Å². The van der Waals surface area contributed by atoms with Gasteiger partial charge in [-0.05, 0) is 18.2 Å². The summed E-state index contributed by atoms with van der Waals surface area (Å²) in [5.41, 5.74) is 1.72. The van der Waals surface area contributed by atoms with E-state index in [4.69, 9.17) is 11.6 Å². The van der Waals surface area contributed by atoms with E-state index >= 15 is 0 Å². The Labute approximate surface area is 149 Å². The molecule has 0 bridgehead atoms. The molecule has 0 fully saturated rings. The smallest absolute Gasteiger partial charge is 0.406 e. The van der Waals surface area contributed by atoms with Gasteiger partial charge in [-0.25, -0.2) is 15.0 Å². The van der Waals surface area contributed by atoms with Crippen LogP contribution in [0.25, 0.3) is 16.7 Å². The first-order valence-corrected chi connectivity index (χ1v) is 7.69. The number of nitrogens with one attached hydrogen (secondary N) is 1. The largest absolute Gasteiger partial charge is 0.573 e. The highest BCUT2D eigenvalue weighted by atomic mass is 35.5. The standard InChI is InChI=1S/C16H9ClF3N5O/c17-10-2-1-3-11-13(10)25-7-6-22-15(25)14(23-11)24-12-8-9(4-5-21-12)26-16(18,19)20/h1-8H,(H,21,23,24). The maximum atomic E-state index is 12.4. The van der Waals surface area contributed by atoms with E-state index in [1.54, 1.807) is 35.0 Å². The molecule has 0 aliphatic rings. The number of nitrogens with zero attached hydrogens (tertiary/aromatic N) is 4. The predicted octanol–water partition coefficient (Wildman–Crippen LogP) is 4.57. The van der Waals surface area contributed by atoms with Crippen molar-refractivity contribution in [2.75, 3.05) is 5.32 Å². The minimum Gasteiger partial charge on any atom is -0.406 e. The maximum Gasteiger partial charge on any atom is 0.573 e. The van der Waals surface area contributed by atoms with Crippen LogP contribution in [0.15, 0.2) is 48.9 Å². The van der Waals surface area contributed by atoms with E-state index in [9.17, 15) is 13.2 Å². The lowest BCUT2D eigenvalue weighted by atomic mass is 10.3. The van der Waals surface area contributed by atoms with Crippen molar-refractivity contribution >= 4 is 39.9 Å². The van der Waals surface area contributed by atoms with Crippen molar-refractivity contribution < 1.29 is 17.9 Å². The van der Waals surface area contributed by atoms with Crippen LogP contribution < -0.4 is 10.1 Å². The number of benzene rings is 1. The number of rotatable bonds is 3. The zero-order chi connectivity index (χ0) is 18.3. The van der Waals surface area contributed by atoms with Crippen molar-refractivity contribution in [1.29, 1.82) is 0 Å². The van der Waals surface area contributed by atoms with Gasteiger partial charge in [0.05, 0.1) is 16.1 Å². The minimum atomic E-state index is -4.78. The lowest BCUT2D eigenvalue weighted by Crippen LogP contribution is -2.17. The van der Waals surface area contributed by atoms with Crippen molar-refractivity contribution in [1.82, 2.24) is 19.4 Å². The van der Waals surface area contributed by atoms with Crippen LogP contribution >= 0.6 is 11.6 Å². The molecule has 6 nitrogen and oxygen atoms in total. The zero-order valence-electron chi connectivity index (χ0n) is 12.8. The molecule has 3 heterocycles. The monoisotopic (exact) mass is 379 g/mol. The van der Waals surface area contributed by atoms with Gasteiger partial charge in [0.15, 0.2) is 11.5 Å². The topological polar surface area (TPSA) is 64.3 Å². The van der Waals surface area contributed by atoms with Gasteiger partial charge in [0.2, 0.25) is 0 Å². The summed E-state index contributed by atoms with van der Waals surface area (Å²) in [5.74, 6) is 0.0603. The van der Waals surface area contributed by atoms with Gasteiger partial charge in [-0.3, -0.25) is 4.40 Å². The molecule has 0 saturated heterocycles. The third-order valence-corrected chi connectivity index (χ3v) is 3.81. The van der Waals surface area contributed by atoms with E-state index in [1.165, 1.54) is 6.20 Å². The first-order valence-electron chi connectivity index (χ1n) is 7.31. The van der Waals surface area contributed by atoms with Crippen molar-refractivity contribution in [3.8, 4) is 5.75 Å². The second-order valence-corrected chi connectivity index (χ2v) is 5.65. The molecule has 0 spiro atoms. The fourth-order valence-electron chi connectivity index (χ4n) is 2.54. The molecule has 4 rings (SSSR count). The zero-order valence-corrected chi connectivity index (χ0v) is 13.6. The van der Waals surface area contributed by atoms with Crippen molar-refractivity contribution in [3.05, 3.63) is 53.9 Å². The summed E-state index contributed by atoms with van der Waals surface area (Å²) in [6.07, 6.45) is -0.300. The molecular formula is C16H9ClF3N5O. The van der Waals surface area contributed by atoms with Crippen molar-refractivity contribution in [3.63, 3.8) is 0 Å². The number of hydrogen-bond donors (Lipinski definition) is 1. The lowest BCUT2D eigenvalue weighted by Gasteiger charge is -2.12. The van der Waals surface area contributed by atoms with Crippen LogP contribution in [0.3, 0.4) is 0 Å². The molecule has 0 aliphatic heterocycles. The van der Waals surface area contributed by atoms with E-state index in [-0.39, 0.29) is 5.82 Å². The van der Waals surface area contributed by atoms with Gasteiger partial charge >= 0.3 is 6.36 Å². The summed E-state index contributed by atoms with van der Waals surface area (Å²) in [5, 5.41) is 3.38. The van der Waals surface area contributed by atoms with Gasteiger partial charge in [-0.2, -0.15) is 0 Å². The van der Waals surface area contributed by atoms with Gasteiger partial charge in [0.25, 0.3) is 0 Å². The van der Waals surface area contributed by atoms with Crippen LogP contribution in [0.2, 0.25) is 5.02 Å². The van der Waals surface area contributed by atoms with Crippen LogP contribution in [0.1, 0.15) is 0 Å². The molecule has 0 saturated carbocycles. The molecule has 0 amide bonds. The Morgan fingerprint density at radius 3 is 2.77 bits per heavy atom. The molecule has 0 atom stereocenters. The van der Waals surface area contributed by atoms with Crippen LogP contribution in [0.5, 0.6) is 5.75 Å². The summed E-state index contributed by atoms with van der Waals surface area (Å²) in [6.45, 7) is 0. The Morgan fingerprint density at radius 2 is 1.96 bits per heavy atom. The summed E-state index contributed by atoms with van der Waals surface area (Å²) in [7, 11) is 0. The molecule has 0 aliphatic carbocycles. The third-order valence-electron chi connectivity index (χ3n) is 3.50. The number of pyridine rings is 1. The van der Waals surface area contributed by atoms with Crippen molar-refractivity contribution in [2.24, 2.45) is 0 Å². The first kappa shape index (κ1) is 16.4. The number of hydrogen-bond acceptors (Lipinski definition) is 5. The van der Waals surface area contributed by atoms with Crippen molar-refractivity contribution in [2.45, 2.75) is 6.36 Å². The average molecular weight is 380 g/mol. The van der Waals surface area contributed by atoms with Gasteiger partial charge < -0.3 is 10.1 Å². The van der Waals surface area contributed by atoms with Crippen LogP contribution in [0.4, 0.5) is 24.8 Å². The molecule has 4 aromatic rings. The first-order chi connectivity index (χ1) is 12.4. The molecule has 0 radical (unpaired) electrons. The highest BCUT2D eigenvalue weighted by Gasteiger charge is 2.31.